The highest BCUT2D eigenvalue weighted by Gasteiger charge is 2.27. The Morgan fingerprint density at radius 2 is 2.00 bits per heavy atom. The van der Waals surface area contributed by atoms with E-state index in [1.165, 1.54) is 21.9 Å². The largest absolute Gasteiger partial charge is 0.393 e. The first kappa shape index (κ1) is 13.8. The quantitative estimate of drug-likeness (QED) is 0.474. The highest BCUT2D eigenvalue weighted by molar-refractivity contribution is 5.92. The normalized spacial score (nSPS) is 15.7. The highest BCUT2D eigenvalue weighted by atomic mass is 16.6. The molecule has 8 heteroatoms. The van der Waals surface area contributed by atoms with E-state index in [1.807, 2.05) is 0 Å². The van der Waals surface area contributed by atoms with Gasteiger partial charge in [0.25, 0.3) is 5.69 Å². The summed E-state index contributed by atoms with van der Waals surface area (Å²) in [4.78, 5) is 36.3. The van der Waals surface area contributed by atoms with Crippen LogP contribution in [-0.4, -0.2) is 46.7 Å². The van der Waals surface area contributed by atoms with E-state index < -0.39 is 4.92 Å². The number of rotatable bonds is 3. The molecule has 20 heavy (non-hydrogen) atoms. The number of nitrogens with two attached hydrogens (primary N) is 1. The summed E-state index contributed by atoms with van der Waals surface area (Å²) >= 11 is 0. The average Bonchev–Trinajstić information content (AvgIpc) is 2.37. The molecule has 106 valence electrons. The second-order valence-corrected chi connectivity index (χ2v) is 4.65. The van der Waals surface area contributed by atoms with Crippen LogP contribution in [0.2, 0.25) is 0 Å². The molecule has 0 saturated carbocycles. The van der Waals surface area contributed by atoms with Crippen molar-refractivity contribution in [3.8, 4) is 0 Å². The molecule has 2 amide bonds. The lowest BCUT2D eigenvalue weighted by Gasteiger charge is -2.31. The first-order chi connectivity index (χ1) is 9.38. The van der Waals surface area contributed by atoms with Crippen molar-refractivity contribution in [2.24, 2.45) is 0 Å². The lowest BCUT2D eigenvalue weighted by atomic mass is 10.1. The molecule has 2 rings (SSSR count). The Hall–Kier alpha value is -2.64. The number of nitro groups is 1. The number of nitrogens with zero attached hydrogens (tertiary/aromatic N) is 3. The first-order valence-corrected chi connectivity index (χ1v) is 5.93. The Bertz CT molecular complexity index is 587. The van der Waals surface area contributed by atoms with Crippen LogP contribution in [0.15, 0.2) is 18.2 Å². The second kappa shape index (κ2) is 5.16. The van der Waals surface area contributed by atoms with Gasteiger partial charge in [-0.1, -0.05) is 6.07 Å². The Balaban J connectivity index is 2.18. The zero-order valence-corrected chi connectivity index (χ0v) is 10.9. The standard InChI is InChI=1S/C12H14N4O4/c1-14-6-12(18)15(7-11(14)17)5-8-2-3-9(13)10(4-8)16(19)20/h2-4H,5-7,13H2,1H3. The Morgan fingerprint density at radius 1 is 1.30 bits per heavy atom. The number of hydrogen-bond acceptors (Lipinski definition) is 5. The van der Waals surface area contributed by atoms with Crippen molar-refractivity contribution in [3.05, 3.63) is 33.9 Å². The van der Waals surface area contributed by atoms with Gasteiger partial charge in [-0.3, -0.25) is 19.7 Å². The van der Waals surface area contributed by atoms with Crippen molar-refractivity contribution in [1.29, 1.82) is 0 Å². The third-order valence-electron chi connectivity index (χ3n) is 3.14. The molecular weight excluding hydrogens is 264 g/mol. The van der Waals surface area contributed by atoms with Crippen LogP contribution in [-0.2, 0) is 16.1 Å². The van der Waals surface area contributed by atoms with Crippen LogP contribution in [0.3, 0.4) is 0 Å². The third kappa shape index (κ3) is 2.68. The molecule has 0 aromatic heterocycles. The topological polar surface area (TPSA) is 110 Å². The zero-order chi connectivity index (χ0) is 14.9. The number of anilines is 1. The van der Waals surface area contributed by atoms with Crippen LogP contribution >= 0.6 is 0 Å². The van der Waals surface area contributed by atoms with E-state index >= 15 is 0 Å². The number of nitrogen functional groups attached to an aromatic ring is 1. The number of likely N-dealkylation sites (N-methyl/N-ethyl adjacent to an activating group) is 1. The number of hydrogen-bond donors (Lipinski definition) is 1. The smallest absolute Gasteiger partial charge is 0.292 e. The molecule has 1 heterocycles. The molecule has 1 aliphatic heterocycles. The summed E-state index contributed by atoms with van der Waals surface area (Å²) in [7, 11) is 1.56. The molecule has 1 fully saturated rings. The molecule has 2 N–H and O–H groups in total. The summed E-state index contributed by atoms with van der Waals surface area (Å²) in [6.07, 6.45) is 0. The maximum Gasteiger partial charge on any atom is 0.292 e. The van der Waals surface area contributed by atoms with Gasteiger partial charge >= 0.3 is 0 Å². The summed E-state index contributed by atoms with van der Waals surface area (Å²) in [6, 6.07) is 4.36. The summed E-state index contributed by atoms with van der Waals surface area (Å²) in [5, 5.41) is 10.8. The molecule has 0 spiro atoms. The molecule has 0 unspecified atom stereocenters. The van der Waals surface area contributed by atoms with E-state index in [0.29, 0.717) is 5.56 Å². The van der Waals surface area contributed by atoms with Crippen molar-refractivity contribution in [1.82, 2.24) is 9.80 Å². The van der Waals surface area contributed by atoms with E-state index in [-0.39, 0.29) is 42.8 Å². The van der Waals surface area contributed by atoms with Crippen molar-refractivity contribution in [3.63, 3.8) is 0 Å². The minimum Gasteiger partial charge on any atom is -0.393 e. The number of benzene rings is 1. The van der Waals surface area contributed by atoms with Crippen molar-refractivity contribution in [2.75, 3.05) is 25.9 Å². The van der Waals surface area contributed by atoms with Gasteiger partial charge in [0.15, 0.2) is 0 Å². The predicted octanol–water partition coefficient (Wildman–Crippen LogP) is -0.0224. The number of carbonyl (C=O) groups excluding carboxylic acids is 2. The maximum atomic E-state index is 11.8. The van der Waals surface area contributed by atoms with Crippen LogP contribution in [0.25, 0.3) is 0 Å². The molecule has 1 aromatic carbocycles. The average molecular weight is 278 g/mol. The monoisotopic (exact) mass is 278 g/mol. The highest BCUT2D eigenvalue weighted by Crippen LogP contribution is 2.23. The third-order valence-corrected chi connectivity index (χ3v) is 3.14. The molecule has 0 aliphatic carbocycles. The van der Waals surface area contributed by atoms with Gasteiger partial charge in [-0.15, -0.1) is 0 Å². The molecule has 0 radical (unpaired) electrons. The fraction of sp³-hybridized carbons (Fsp3) is 0.333. The van der Waals surface area contributed by atoms with Gasteiger partial charge < -0.3 is 15.5 Å². The van der Waals surface area contributed by atoms with E-state index in [9.17, 15) is 19.7 Å². The lowest BCUT2D eigenvalue weighted by molar-refractivity contribution is -0.384. The molecule has 1 aromatic rings. The van der Waals surface area contributed by atoms with E-state index in [4.69, 9.17) is 5.73 Å². The number of amides is 2. The van der Waals surface area contributed by atoms with Gasteiger partial charge in [-0.05, 0) is 11.6 Å². The second-order valence-electron chi connectivity index (χ2n) is 4.65. The number of carbonyl (C=O) groups is 2. The SMILES string of the molecule is CN1CC(=O)N(Cc2ccc(N)c([N+](=O)[O-])c2)CC1=O. The molecular formula is C12H14N4O4. The van der Waals surface area contributed by atoms with Crippen LogP contribution in [0, 0.1) is 10.1 Å². The van der Waals surface area contributed by atoms with Gasteiger partial charge in [0.2, 0.25) is 11.8 Å². The van der Waals surface area contributed by atoms with Crippen LogP contribution in [0.1, 0.15) is 5.56 Å². The molecule has 1 saturated heterocycles. The van der Waals surface area contributed by atoms with Gasteiger partial charge in [-0.2, -0.15) is 0 Å². The minimum absolute atomic E-state index is 0.0203. The van der Waals surface area contributed by atoms with Crippen molar-refractivity contribution >= 4 is 23.2 Å². The van der Waals surface area contributed by atoms with Crippen LogP contribution in [0.4, 0.5) is 11.4 Å². The van der Waals surface area contributed by atoms with Gasteiger partial charge in [0.1, 0.15) is 12.2 Å². The van der Waals surface area contributed by atoms with Crippen molar-refractivity contribution < 1.29 is 14.5 Å². The van der Waals surface area contributed by atoms with Crippen molar-refractivity contribution in [2.45, 2.75) is 6.54 Å². The maximum absolute atomic E-state index is 11.8. The minimum atomic E-state index is -0.574. The summed E-state index contributed by atoms with van der Waals surface area (Å²) in [6.45, 7) is 0.156. The molecule has 1 aliphatic rings. The van der Waals surface area contributed by atoms with Gasteiger partial charge in [-0.25, -0.2) is 0 Å². The molecule has 8 nitrogen and oxygen atoms in total. The Labute approximate surface area is 114 Å². The number of piperazine rings is 1. The first-order valence-electron chi connectivity index (χ1n) is 5.93. The Morgan fingerprint density at radius 3 is 2.65 bits per heavy atom. The summed E-state index contributed by atoms with van der Waals surface area (Å²) < 4.78 is 0. The van der Waals surface area contributed by atoms with E-state index in [0.717, 1.165) is 0 Å². The van der Waals surface area contributed by atoms with Crippen LogP contribution < -0.4 is 5.73 Å². The summed E-state index contributed by atoms with van der Waals surface area (Å²) in [5.74, 6) is -0.346. The van der Waals surface area contributed by atoms with Gasteiger partial charge in [0, 0.05) is 19.7 Å². The zero-order valence-electron chi connectivity index (χ0n) is 10.9. The Kier molecular flexibility index (Phi) is 3.55. The van der Waals surface area contributed by atoms with Crippen LogP contribution in [0.5, 0.6) is 0 Å². The molecule has 0 atom stereocenters. The lowest BCUT2D eigenvalue weighted by Crippen LogP contribution is -2.51. The fourth-order valence-corrected chi connectivity index (χ4v) is 1.97. The number of nitro benzene ring substituents is 1. The molecule has 0 bridgehead atoms. The van der Waals surface area contributed by atoms with E-state index in [2.05, 4.69) is 0 Å². The summed E-state index contributed by atoms with van der Waals surface area (Å²) in [5.41, 5.74) is 5.94. The predicted molar refractivity (Wildman–Crippen MR) is 70.6 cm³/mol. The van der Waals surface area contributed by atoms with Gasteiger partial charge in [0.05, 0.1) is 11.5 Å². The fourth-order valence-electron chi connectivity index (χ4n) is 1.97. The van der Waals surface area contributed by atoms with E-state index in [1.54, 1.807) is 13.1 Å².